The molecule has 17 heavy (non-hydrogen) atoms. The molecular formula is C12H20N4O. The predicted octanol–water partition coefficient (Wildman–Crippen LogP) is 1.40. The van der Waals surface area contributed by atoms with Crippen molar-refractivity contribution in [2.45, 2.75) is 32.7 Å². The fourth-order valence-electron chi connectivity index (χ4n) is 1.72. The van der Waals surface area contributed by atoms with Crippen molar-refractivity contribution >= 4 is 11.7 Å². The molecule has 5 nitrogen and oxygen atoms in total. The van der Waals surface area contributed by atoms with Crippen LogP contribution in [0.3, 0.4) is 0 Å². The first kappa shape index (κ1) is 12.1. The number of nitrogens with one attached hydrogen (secondary N) is 2. The average Bonchev–Trinajstić information content (AvgIpc) is 2.96. The lowest BCUT2D eigenvalue weighted by Crippen LogP contribution is -2.30. The van der Waals surface area contributed by atoms with Gasteiger partial charge in [-0.3, -0.25) is 4.79 Å². The Morgan fingerprint density at radius 3 is 3.00 bits per heavy atom. The zero-order valence-corrected chi connectivity index (χ0v) is 10.4. The summed E-state index contributed by atoms with van der Waals surface area (Å²) in [6.07, 6.45) is 4.30. The van der Waals surface area contributed by atoms with Crippen LogP contribution in [0.25, 0.3) is 0 Å². The molecule has 0 aliphatic heterocycles. The Morgan fingerprint density at radius 2 is 2.35 bits per heavy atom. The van der Waals surface area contributed by atoms with Gasteiger partial charge in [0.2, 0.25) is 5.91 Å². The molecule has 94 valence electrons. The van der Waals surface area contributed by atoms with E-state index in [0.717, 1.165) is 18.3 Å². The lowest BCUT2D eigenvalue weighted by Gasteiger charge is -2.11. The van der Waals surface area contributed by atoms with Crippen LogP contribution >= 0.6 is 0 Å². The lowest BCUT2D eigenvalue weighted by atomic mass is 10.4. The molecule has 0 bridgehead atoms. The summed E-state index contributed by atoms with van der Waals surface area (Å²) < 4.78 is 1.80. The summed E-state index contributed by atoms with van der Waals surface area (Å²) in [7, 11) is 0. The molecule has 0 spiro atoms. The highest BCUT2D eigenvalue weighted by atomic mass is 16.2. The lowest BCUT2D eigenvalue weighted by molar-refractivity contribution is -0.115. The normalized spacial score (nSPS) is 15.2. The molecule has 2 N–H and O–H groups in total. The molecule has 0 unspecified atom stereocenters. The molecule has 1 aromatic rings. The van der Waals surface area contributed by atoms with Gasteiger partial charge in [-0.25, -0.2) is 4.68 Å². The van der Waals surface area contributed by atoms with E-state index in [-0.39, 0.29) is 11.9 Å². The van der Waals surface area contributed by atoms with E-state index in [1.807, 2.05) is 19.9 Å². The first-order valence-electron chi connectivity index (χ1n) is 6.21. The Hall–Kier alpha value is -1.36. The number of carbonyl (C=O) groups is 1. The van der Waals surface area contributed by atoms with Crippen LogP contribution in [0.15, 0.2) is 12.3 Å². The van der Waals surface area contributed by atoms with Crippen molar-refractivity contribution in [2.24, 2.45) is 5.92 Å². The molecule has 2 rings (SSSR count). The molecular weight excluding hydrogens is 216 g/mol. The van der Waals surface area contributed by atoms with E-state index < -0.39 is 0 Å². The highest BCUT2D eigenvalue weighted by Crippen LogP contribution is 2.27. The Bertz CT molecular complexity index is 382. The van der Waals surface area contributed by atoms with Gasteiger partial charge in [0.05, 0.1) is 12.7 Å². The summed E-state index contributed by atoms with van der Waals surface area (Å²) in [6, 6.07) is 2.07. The Balaban J connectivity index is 1.77. The monoisotopic (exact) mass is 236 g/mol. The Labute approximate surface area is 102 Å². The van der Waals surface area contributed by atoms with E-state index in [1.165, 1.54) is 12.8 Å². The van der Waals surface area contributed by atoms with Crippen molar-refractivity contribution in [1.82, 2.24) is 15.1 Å². The zero-order valence-electron chi connectivity index (χ0n) is 10.4. The second-order valence-electron chi connectivity index (χ2n) is 4.88. The van der Waals surface area contributed by atoms with Gasteiger partial charge in [-0.2, -0.15) is 5.10 Å². The third-order valence-electron chi connectivity index (χ3n) is 2.84. The summed E-state index contributed by atoms with van der Waals surface area (Å²) in [4.78, 5) is 11.7. The van der Waals surface area contributed by atoms with Crippen molar-refractivity contribution in [2.75, 3.05) is 18.4 Å². The number of nitrogens with zero attached hydrogens (tertiary/aromatic N) is 2. The molecule has 0 saturated heterocycles. The van der Waals surface area contributed by atoms with Gasteiger partial charge >= 0.3 is 0 Å². The van der Waals surface area contributed by atoms with Crippen LogP contribution in [0, 0.1) is 5.92 Å². The minimum Gasteiger partial charge on any atom is -0.310 e. The van der Waals surface area contributed by atoms with Gasteiger partial charge in [-0.1, -0.05) is 0 Å². The van der Waals surface area contributed by atoms with E-state index >= 15 is 0 Å². The van der Waals surface area contributed by atoms with E-state index in [4.69, 9.17) is 0 Å². The van der Waals surface area contributed by atoms with Gasteiger partial charge in [-0.15, -0.1) is 0 Å². The molecule has 1 saturated carbocycles. The van der Waals surface area contributed by atoms with E-state index in [1.54, 1.807) is 10.9 Å². The molecule has 1 amide bonds. The first-order chi connectivity index (χ1) is 8.16. The number of hydrogen-bond acceptors (Lipinski definition) is 3. The Kier molecular flexibility index (Phi) is 3.78. The molecule has 1 heterocycles. The first-order valence-corrected chi connectivity index (χ1v) is 6.21. The van der Waals surface area contributed by atoms with Crippen LogP contribution in [0.4, 0.5) is 5.82 Å². The van der Waals surface area contributed by atoms with Gasteiger partial charge in [0.15, 0.2) is 0 Å². The zero-order chi connectivity index (χ0) is 12.3. The number of carbonyl (C=O) groups excluding carboxylic acids is 1. The molecule has 0 aromatic carbocycles. The third-order valence-corrected chi connectivity index (χ3v) is 2.84. The quantitative estimate of drug-likeness (QED) is 0.785. The maximum absolute atomic E-state index is 11.7. The van der Waals surface area contributed by atoms with Crippen LogP contribution < -0.4 is 10.6 Å². The van der Waals surface area contributed by atoms with Crippen LogP contribution in [0.5, 0.6) is 0 Å². The van der Waals surface area contributed by atoms with Crippen molar-refractivity contribution in [1.29, 1.82) is 0 Å². The molecule has 1 fully saturated rings. The SMILES string of the molecule is CC(C)n1nccc1NC(=O)CNCC1CC1. The minimum atomic E-state index is -0.00644. The van der Waals surface area contributed by atoms with Crippen LogP contribution in [0.2, 0.25) is 0 Å². The average molecular weight is 236 g/mol. The summed E-state index contributed by atoms with van der Waals surface area (Å²) in [6.45, 7) is 5.40. The number of hydrogen-bond donors (Lipinski definition) is 2. The smallest absolute Gasteiger partial charge is 0.239 e. The number of amides is 1. The predicted molar refractivity (Wildman–Crippen MR) is 66.8 cm³/mol. The maximum Gasteiger partial charge on any atom is 0.239 e. The summed E-state index contributed by atoms with van der Waals surface area (Å²) in [5.74, 6) is 1.55. The number of aromatic nitrogens is 2. The molecule has 1 aliphatic rings. The molecule has 1 aliphatic carbocycles. The van der Waals surface area contributed by atoms with E-state index in [9.17, 15) is 4.79 Å². The van der Waals surface area contributed by atoms with Crippen molar-refractivity contribution < 1.29 is 4.79 Å². The molecule has 5 heteroatoms. The van der Waals surface area contributed by atoms with Crippen molar-refractivity contribution in [3.8, 4) is 0 Å². The summed E-state index contributed by atoms with van der Waals surface area (Å²) in [5, 5.41) is 10.2. The van der Waals surface area contributed by atoms with Crippen molar-refractivity contribution in [3.63, 3.8) is 0 Å². The van der Waals surface area contributed by atoms with Gasteiger partial charge in [-0.05, 0) is 39.2 Å². The van der Waals surface area contributed by atoms with Gasteiger partial charge in [0.1, 0.15) is 5.82 Å². The molecule has 0 atom stereocenters. The van der Waals surface area contributed by atoms with Gasteiger partial charge < -0.3 is 10.6 Å². The second kappa shape index (κ2) is 5.31. The van der Waals surface area contributed by atoms with Crippen molar-refractivity contribution in [3.05, 3.63) is 12.3 Å². The van der Waals surface area contributed by atoms with E-state index in [0.29, 0.717) is 6.54 Å². The third kappa shape index (κ3) is 3.56. The largest absolute Gasteiger partial charge is 0.310 e. The summed E-state index contributed by atoms with van der Waals surface area (Å²) >= 11 is 0. The number of rotatable bonds is 6. The van der Waals surface area contributed by atoms with Gasteiger partial charge in [0.25, 0.3) is 0 Å². The molecule has 1 aromatic heterocycles. The van der Waals surface area contributed by atoms with Crippen LogP contribution in [-0.2, 0) is 4.79 Å². The second-order valence-corrected chi connectivity index (χ2v) is 4.88. The Morgan fingerprint density at radius 1 is 1.59 bits per heavy atom. The highest BCUT2D eigenvalue weighted by molar-refractivity contribution is 5.91. The highest BCUT2D eigenvalue weighted by Gasteiger charge is 2.20. The van der Waals surface area contributed by atoms with Gasteiger partial charge in [0, 0.05) is 12.1 Å². The topological polar surface area (TPSA) is 59.0 Å². The summed E-state index contributed by atoms with van der Waals surface area (Å²) in [5.41, 5.74) is 0. The fourth-order valence-corrected chi connectivity index (χ4v) is 1.72. The fraction of sp³-hybridized carbons (Fsp3) is 0.667. The standard InChI is InChI=1S/C12H20N4O/c1-9(2)16-11(5-6-14-16)15-12(17)8-13-7-10-3-4-10/h5-6,9-10,13H,3-4,7-8H2,1-2H3,(H,15,17). The van der Waals surface area contributed by atoms with E-state index in [2.05, 4.69) is 15.7 Å². The van der Waals surface area contributed by atoms with Crippen LogP contribution in [-0.4, -0.2) is 28.8 Å². The van der Waals surface area contributed by atoms with Crippen LogP contribution in [0.1, 0.15) is 32.7 Å². The maximum atomic E-state index is 11.7. The number of anilines is 1. The minimum absolute atomic E-state index is 0.00644. The molecule has 0 radical (unpaired) electrons.